The number of amides is 2. The van der Waals surface area contributed by atoms with Crippen LogP contribution in [0.3, 0.4) is 0 Å². The Hall–Kier alpha value is -3.73. The van der Waals surface area contributed by atoms with E-state index >= 15 is 0 Å². The fourth-order valence-corrected chi connectivity index (χ4v) is 3.64. The summed E-state index contributed by atoms with van der Waals surface area (Å²) in [5.41, 5.74) is 4.96. The Labute approximate surface area is 182 Å². The van der Waals surface area contributed by atoms with E-state index in [4.69, 9.17) is 0 Å². The minimum absolute atomic E-state index is 0.126. The van der Waals surface area contributed by atoms with Crippen LogP contribution in [0.5, 0.6) is 0 Å². The normalized spacial score (nSPS) is 13.0. The molecule has 5 heteroatoms. The molecule has 0 fully saturated rings. The second-order valence-corrected chi connectivity index (χ2v) is 7.55. The van der Waals surface area contributed by atoms with Gasteiger partial charge in [0.1, 0.15) is 0 Å². The SMILES string of the molecule is O=C(CCC(=O)N1CCC(c2ccccc2)=N1)Nc1ccccc1Cc1ccccc1. The first kappa shape index (κ1) is 20.5. The Morgan fingerprint density at radius 3 is 2.29 bits per heavy atom. The molecule has 5 nitrogen and oxygen atoms in total. The van der Waals surface area contributed by atoms with Gasteiger partial charge < -0.3 is 5.32 Å². The van der Waals surface area contributed by atoms with Gasteiger partial charge in [0, 0.05) is 24.9 Å². The number of anilines is 1. The molecule has 0 spiro atoms. The number of carbonyl (C=O) groups is 2. The van der Waals surface area contributed by atoms with Gasteiger partial charge in [-0.2, -0.15) is 5.10 Å². The Morgan fingerprint density at radius 1 is 0.839 bits per heavy atom. The number of benzene rings is 3. The van der Waals surface area contributed by atoms with Gasteiger partial charge in [0.2, 0.25) is 11.8 Å². The van der Waals surface area contributed by atoms with E-state index in [2.05, 4.69) is 22.6 Å². The average Bonchev–Trinajstić information content (AvgIpc) is 3.31. The smallest absolute Gasteiger partial charge is 0.243 e. The summed E-state index contributed by atoms with van der Waals surface area (Å²) in [6, 6.07) is 27.8. The minimum atomic E-state index is -0.166. The number of carbonyl (C=O) groups excluding carboxylic acids is 2. The summed E-state index contributed by atoms with van der Waals surface area (Å²) < 4.78 is 0. The predicted octanol–water partition coefficient (Wildman–Crippen LogP) is 4.63. The zero-order chi connectivity index (χ0) is 21.5. The third kappa shape index (κ3) is 5.45. The zero-order valence-electron chi connectivity index (χ0n) is 17.3. The molecule has 1 N–H and O–H groups in total. The Balaban J connectivity index is 1.32. The van der Waals surface area contributed by atoms with Crippen LogP contribution in [0.25, 0.3) is 0 Å². The van der Waals surface area contributed by atoms with Crippen molar-refractivity contribution in [1.82, 2.24) is 5.01 Å². The fraction of sp³-hybridized carbons (Fsp3) is 0.192. The molecule has 0 unspecified atom stereocenters. The second kappa shape index (κ2) is 9.85. The van der Waals surface area contributed by atoms with Gasteiger partial charge in [-0.05, 0) is 29.2 Å². The Morgan fingerprint density at radius 2 is 1.52 bits per heavy atom. The molecule has 156 valence electrons. The van der Waals surface area contributed by atoms with E-state index in [1.54, 1.807) is 0 Å². The monoisotopic (exact) mass is 411 g/mol. The van der Waals surface area contributed by atoms with Crippen molar-refractivity contribution < 1.29 is 9.59 Å². The lowest BCUT2D eigenvalue weighted by molar-refractivity contribution is -0.132. The first-order valence-corrected chi connectivity index (χ1v) is 10.5. The molecule has 0 bridgehead atoms. The second-order valence-electron chi connectivity index (χ2n) is 7.55. The molecule has 4 rings (SSSR count). The van der Waals surface area contributed by atoms with Gasteiger partial charge in [0.15, 0.2) is 0 Å². The van der Waals surface area contributed by atoms with Crippen molar-refractivity contribution in [3.8, 4) is 0 Å². The standard InChI is InChI=1S/C26H25N3O2/c30-25(27-23-14-8-7-13-22(23)19-20-9-3-1-4-10-20)15-16-26(31)29-18-17-24(28-29)21-11-5-2-6-12-21/h1-14H,15-19H2,(H,27,30). The summed E-state index contributed by atoms with van der Waals surface area (Å²) in [7, 11) is 0. The lowest BCUT2D eigenvalue weighted by Crippen LogP contribution is -2.25. The van der Waals surface area contributed by atoms with Crippen LogP contribution in [0.1, 0.15) is 36.0 Å². The van der Waals surface area contributed by atoms with Crippen LogP contribution >= 0.6 is 0 Å². The van der Waals surface area contributed by atoms with Crippen LogP contribution in [-0.4, -0.2) is 29.1 Å². The van der Waals surface area contributed by atoms with Crippen LogP contribution in [0, 0.1) is 0 Å². The van der Waals surface area contributed by atoms with Gasteiger partial charge >= 0.3 is 0 Å². The van der Waals surface area contributed by atoms with Gasteiger partial charge in [-0.25, -0.2) is 5.01 Å². The number of hydrogen-bond donors (Lipinski definition) is 1. The molecular formula is C26H25N3O2. The van der Waals surface area contributed by atoms with E-state index in [1.807, 2.05) is 72.8 Å². The number of para-hydroxylation sites is 1. The van der Waals surface area contributed by atoms with Crippen molar-refractivity contribution in [1.29, 1.82) is 0 Å². The number of nitrogens with one attached hydrogen (secondary N) is 1. The first-order valence-electron chi connectivity index (χ1n) is 10.5. The molecular weight excluding hydrogens is 386 g/mol. The summed E-state index contributed by atoms with van der Waals surface area (Å²) in [5, 5.41) is 8.90. The first-order chi connectivity index (χ1) is 15.2. The Bertz CT molecular complexity index is 1080. The molecule has 31 heavy (non-hydrogen) atoms. The highest BCUT2D eigenvalue weighted by atomic mass is 16.2. The van der Waals surface area contributed by atoms with Crippen molar-refractivity contribution in [2.45, 2.75) is 25.7 Å². The zero-order valence-corrected chi connectivity index (χ0v) is 17.3. The van der Waals surface area contributed by atoms with Crippen LogP contribution in [-0.2, 0) is 16.0 Å². The molecule has 0 saturated carbocycles. The summed E-state index contributed by atoms with van der Waals surface area (Å²) in [6.07, 6.45) is 1.74. The maximum Gasteiger partial charge on any atom is 0.243 e. The lowest BCUT2D eigenvalue weighted by atomic mass is 10.0. The van der Waals surface area contributed by atoms with Gasteiger partial charge in [-0.3, -0.25) is 9.59 Å². The number of hydrazone groups is 1. The molecule has 1 aliphatic heterocycles. The quantitative estimate of drug-likeness (QED) is 0.616. The molecule has 1 aliphatic rings. The summed E-state index contributed by atoms with van der Waals surface area (Å²) >= 11 is 0. The predicted molar refractivity (Wildman–Crippen MR) is 123 cm³/mol. The highest BCUT2D eigenvalue weighted by molar-refractivity contribution is 6.02. The molecule has 0 aromatic heterocycles. The third-order valence-electron chi connectivity index (χ3n) is 5.29. The molecule has 0 atom stereocenters. The largest absolute Gasteiger partial charge is 0.326 e. The summed E-state index contributed by atoms with van der Waals surface area (Å²) in [5.74, 6) is -0.293. The minimum Gasteiger partial charge on any atom is -0.326 e. The van der Waals surface area contributed by atoms with Crippen molar-refractivity contribution in [3.05, 3.63) is 102 Å². The van der Waals surface area contributed by atoms with E-state index in [-0.39, 0.29) is 24.7 Å². The highest BCUT2D eigenvalue weighted by Gasteiger charge is 2.22. The third-order valence-corrected chi connectivity index (χ3v) is 5.29. The van der Waals surface area contributed by atoms with E-state index in [0.717, 1.165) is 35.4 Å². The molecule has 1 heterocycles. The summed E-state index contributed by atoms with van der Waals surface area (Å²) in [4.78, 5) is 25.0. The lowest BCUT2D eigenvalue weighted by Gasteiger charge is -2.13. The Kier molecular flexibility index (Phi) is 6.53. The highest BCUT2D eigenvalue weighted by Crippen LogP contribution is 2.20. The molecule has 0 aliphatic carbocycles. The van der Waals surface area contributed by atoms with Crippen molar-refractivity contribution in [2.75, 3.05) is 11.9 Å². The molecule has 3 aromatic rings. The summed E-state index contributed by atoms with van der Waals surface area (Å²) in [6.45, 7) is 0.560. The van der Waals surface area contributed by atoms with Gasteiger partial charge in [-0.15, -0.1) is 0 Å². The van der Waals surface area contributed by atoms with Crippen LogP contribution in [0.15, 0.2) is 90.0 Å². The van der Waals surface area contributed by atoms with Crippen molar-refractivity contribution in [2.24, 2.45) is 5.10 Å². The van der Waals surface area contributed by atoms with Crippen LogP contribution in [0.2, 0.25) is 0 Å². The maximum absolute atomic E-state index is 12.5. The maximum atomic E-state index is 12.5. The van der Waals surface area contributed by atoms with E-state index in [0.29, 0.717) is 6.54 Å². The average molecular weight is 412 g/mol. The number of hydrogen-bond acceptors (Lipinski definition) is 3. The van der Waals surface area contributed by atoms with Crippen molar-refractivity contribution in [3.63, 3.8) is 0 Å². The van der Waals surface area contributed by atoms with Crippen molar-refractivity contribution >= 4 is 23.2 Å². The van der Waals surface area contributed by atoms with E-state index < -0.39 is 0 Å². The number of rotatable bonds is 7. The molecule has 0 saturated heterocycles. The van der Waals surface area contributed by atoms with E-state index in [1.165, 1.54) is 10.6 Å². The molecule has 2 amide bonds. The van der Waals surface area contributed by atoms with Gasteiger partial charge in [0.05, 0.1) is 12.3 Å². The fourth-order valence-electron chi connectivity index (χ4n) is 3.64. The molecule has 0 radical (unpaired) electrons. The van der Waals surface area contributed by atoms with Crippen LogP contribution in [0.4, 0.5) is 5.69 Å². The molecule has 3 aromatic carbocycles. The van der Waals surface area contributed by atoms with Gasteiger partial charge in [0.25, 0.3) is 0 Å². The van der Waals surface area contributed by atoms with Crippen LogP contribution < -0.4 is 5.32 Å². The van der Waals surface area contributed by atoms with Gasteiger partial charge in [-0.1, -0.05) is 78.9 Å². The van der Waals surface area contributed by atoms with E-state index in [9.17, 15) is 9.59 Å². The topological polar surface area (TPSA) is 61.8 Å². The number of nitrogens with zero attached hydrogens (tertiary/aromatic N) is 2.